The zero-order chi connectivity index (χ0) is 24.7. The van der Waals surface area contributed by atoms with Gasteiger partial charge in [-0.2, -0.15) is 0 Å². The molecule has 8 rings (SSSR count). The van der Waals surface area contributed by atoms with Crippen molar-refractivity contribution in [3.8, 4) is 5.69 Å². The Hall–Kier alpha value is -4.87. The zero-order valence-corrected chi connectivity index (χ0v) is 20.4. The van der Waals surface area contributed by atoms with E-state index < -0.39 is 5.41 Å². The van der Waals surface area contributed by atoms with Gasteiger partial charge in [-0.3, -0.25) is 0 Å². The van der Waals surface area contributed by atoms with Gasteiger partial charge in [-0.15, -0.1) is 0 Å². The molecule has 1 aromatic heterocycles. The van der Waals surface area contributed by atoms with E-state index in [0.717, 1.165) is 11.1 Å². The molecule has 1 atom stereocenters. The summed E-state index contributed by atoms with van der Waals surface area (Å²) in [5.41, 5.74) is 12.3. The van der Waals surface area contributed by atoms with E-state index in [1.165, 1.54) is 55.3 Å². The van der Waals surface area contributed by atoms with Crippen LogP contribution in [0.4, 0.5) is 5.69 Å². The minimum Gasteiger partial charge on any atom is -0.309 e. The average molecular weight is 471 g/mol. The molecule has 0 bridgehead atoms. The standard InChI is InChI=1S/C35H22N2/c1-22-14-15-23-16-17-24-18-19-25(36-2)21-31(24)35(30(23)20-22)28-10-4-6-13-33(28)37-32-12-5-3-8-26(32)27-9-7-11-29(35)34(27)37/h3-21H,1H3. The number of hydrogen-bond acceptors (Lipinski definition) is 0. The van der Waals surface area contributed by atoms with E-state index in [-0.39, 0.29) is 0 Å². The molecule has 2 aliphatic rings. The fourth-order valence-electron chi connectivity index (χ4n) is 6.83. The van der Waals surface area contributed by atoms with E-state index in [2.05, 4.69) is 126 Å². The van der Waals surface area contributed by atoms with Crippen LogP contribution in [0.2, 0.25) is 0 Å². The van der Waals surface area contributed by atoms with Gasteiger partial charge in [0, 0.05) is 10.8 Å². The number of aromatic nitrogens is 1. The molecule has 2 heterocycles. The van der Waals surface area contributed by atoms with Crippen molar-refractivity contribution in [1.82, 2.24) is 4.57 Å². The van der Waals surface area contributed by atoms with Crippen molar-refractivity contribution in [2.24, 2.45) is 0 Å². The van der Waals surface area contributed by atoms with Crippen LogP contribution in [0.25, 0.3) is 44.5 Å². The third kappa shape index (κ3) is 2.44. The Labute approximate surface area is 215 Å². The van der Waals surface area contributed by atoms with Crippen LogP contribution in [0.3, 0.4) is 0 Å². The molecule has 1 unspecified atom stereocenters. The SMILES string of the molecule is [C-]#[N+]c1ccc2c(c1)C1(c3cc(C)ccc3C=C2)c2ccccc2-n2c3ccccc3c3cccc1c32. The summed E-state index contributed by atoms with van der Waals surface area (Å²) < 4.78 is 2.45. The lowest BCUT2D eigenvalue weighted by atomic mass is 9.61. The maximum atomic E-state index is 7.85. The first-order valence-electron chi connectivity index (χ1n) is 12.7. The fraction of sp³-hybridized carbons (Fsp3) is 0.0571. The molecular formula is C35H22N2. The molecule has 0 saturated heterocycles. The minimum absolute atomic E-state index is 0.568. The summed E-state index contributed by atoms with van der Waals surface area (Å²) in [4.78, 5) is 3.87. The number of benzene rings is 5. The van der Waals surface area contributed by atoms with Crippen LogP contribution in [0.15, 0.2) is 103 Å². The first-order chi connectivity index (χ1) is 18.2. The number of nitrogens with zero attached hydrogens (tertiary/aromatic N) is 2. The van der Waals surface area contributed by atoms with E-state index in [0.29, 0.717) is 5.69 Å². The number of aryl methyl sites for hydroxylation is 1. The van der Waals surface area contributed by atoms with Crippen molar-refractivity contribution in [2.45, 2.75) is 12.3 Å². The maximum absolute atomic E-state index is 7.85. The molecule has 0 saturated carbocycles. The second-order valence-electron chi connectivity index (χ2n) is 10.1. The highest BCUT2D eigenvalue weighted by molar-refractivity contribution is 6.12. The topological polar surface area (TPSA) is 9.29 Å². The van der Waals surface area contributed by atoms with E-state index >= 15 is 0 Å². The lowest BCUT2D eigenvalue weighted by Gasteiger charge is -2.43. The molecule has 0 amide bonds. The van der Waals surface area contributed by atoms with Crippen molar-refractivity contribution in [2.75, 3.05) is 0 Å². The van der Waals surface area contributed by atoms with Gasteiger partial charge >= 0.3 is 0 Å². The molecule has 1 aliphatic carbocycles. The molecular weight excluding hydrogens is 448 g/mol. The van der Waals surface area contributed by atoms with Gasteiger partial charge in [0.2, 0.25) is 0 Å². The highest BCUT2D eigenvalue weighted by Gasteiger charge is 2.47. The van der Waals surface area contributed by atoms with Gasteiger partial charge in [0.1, 0.15) is 0 Å². The number of hydrogen-bond donors (Lipinski definition) is 0. The van der Waals surface area contributed by atoms with Gasteiger partial charge in [0.05, 0.1) is 28.7 Å². The van der Waals surface area contributed by atoms with E-state index in [9.17, 15) is 0 Å². The number of fused-ring (bicyclic) bond motifs is 11. The first kappa shape index (κ1) is 20.3. The summed E-state index contributed by atoms with van der Waals surface area (Å²) in [6, 6.07) is 37.3. The largest absolute Gasteiger partial charge is 0.309 e. The van der Waals surface area contributed by atoms with E-state index in [1.807, 2.05) is 6.07 Å². The molecule has 37 heavy (non-hydrogen) atoms. The van der Waals surface area contributed by atoms with Gasteiger partial charge in [0.25, 0.3) is 0 Å². The molecule has 0 N–H and O–H groups in total. The Balaban J connectivity index is 1.70. The third-order valence-electron chi connectivity index (χ3n) is 8.27. The Morgan fingerprint density at radius 3 is 2.22 bits per heavy atom. The lowest BCUT2D eigenvalue weighted by molar-refractivity contribution is 0.725. The third-order valence-corrected chi connectivity index (χ3v) is 8.27. The van der Waals surface area contributed by atoms with Crippen molar-refractivity contribution in [3.05, 3.63) is 153 Å². The fourth-order valence-corrected chi connectivity index (χ4v) is 6.83. The summed E-state index contributed by atoms with van der Waals surface area (Å²) in [6.07, 6.45) is 4.46. The predicted octanol–water partition coefficient (Wildman–Crippen LogP) is 8.82. The molecule has 5 aromatic carbocycles. The van der Waals surface area contributed by atoms with Crippen LogP contribution < -0.4 is 0 Å². The predicted molar refractivity (Wildman–Crippen MR) is 153 cm³/mol. The molecule has 172 valence electrons. The first-order valence-corrected chi connectivity index (χ1v) is 12.7. The normalized spacial score (nSPS) is 16.8. The average Bonchev–Trinajstić information content (AvgIpc) is 3.21. The van der Waals surface area contributed by atoms with Gasteiger partial charge < -0.3 is 4.57 Å². The van der Waals surface area contributed by atoms with Crippen LogP contribution in [-0.2, 0) is 5.41 Å². The van der Waals surface area contributed by atoms with Crippen LogP contribution in [0.1, 0.15) is 38.9 Å². The summed E-state index contributed by atoms with van der Waals surface area (Å²) in [6.45, 7) is 10.0. The number of rotatable bonds is 0. The Bertz CT molecular complexity index is 2010. The smallest absolute Gasteiger partial charge is 0.187 e. The van der Waals surface area contributed by atoms with Gasteiger partial charge in [-0.25, -0.2) is 4.85 Å². The Kier molecular flexibility index (Phi) is 3.90. The summed E-state index contributed by atoms with van der Waals surface area (Å²) in [5.74, 6) is 0. The van der Waals surface area contributed by atoms with Crippen LogP contribution in [0.5, 0.6) is 0 Å². The molecule has 2 nitrogen and oxygen atoms in total. The highest BCUT2D eigenvalue weighted by Crippen LogP contribution is 2.57. The molecule has 1 spiro atoms. The molecule has 0 fully saturated rings. The number of para-hydroxylation sites is 3. The summed E-state index contributed by atoms with van der Waals surface area (Å²) in [7, 11) is 0. The summed E-state index contributed by atoms with van der Waals surface area (Å²) >= 11 is 0. The molecule has 6 aromatic rings. The molecule has 2 heteroatoms. The second-order valence-corrected chi connectivity index (χ2v) is 10.1. The maximum Gasteiger partial charge on any atom is 0.187 e. The van der Waals surface area contributed by atoms with Crippen molar-refractivity contribution >= 4 is 39.6 Å². The van der Waals surface area contributed by atoms with Gasteiger partial charge in [-0.05, 0) is 52.4 Å². The van der Waals surface area contributed by atoms with Gasteiger partial charge in [0.15, 0.2) is 5.69 Å². The lowest BCUT2D eigenvalue weighted by Crippen LogP contribution is -2.36. The zero-order valence-electron chi connectivity index (χ0n) is 20.4. The van der Waals surface area contributed by atoms with E-state index in [1.54, 1.807) is 0 Å². The van der Waals surface area contributed by atoms with E-state index in [4.69, 9.17) is 6.57 Å². The van der Waals surface area contributed by atoms with Crippen molar-refractivity contribution in [1.29, 1.82) is 0 Å². The van der Waals surface area contributed by atoms with Crippen molar-refractivity contribution in [3.63, 3.8) is 0 Å². The Morgan fingerprint density at radius 2 is 1.35 bits per heavy atom. The Morgan fingerprint density at radius 1 is 0.649 bits per heavy atom. The quantitative estimate of drug-likeness (QED) is 0.196. The van der Waals surface area contributed by atoms with Crippen LogP contribution >= 0.6 is 0 Å². The van der Waals surface area contributed by atoms with Crippen LogP contribution in [-0.4, -0.2) is 4.57 Å². The minimum atomic E-state index is -0.568. The monoisotopic (exact) mass is 470 g/mol. The highest BCUT2D eigenvalue weighted by atomic mass is 15.0. The molecule has 1 aliphatic heterocycles. The molecule has 0 radical (unpaired) electrons. The summed E-state index contributed by atoms with van der Waals surface area (Å²) in [5, 5.41) is 2.52. The second kappa shape index (κ2) is 7.09. The van der Waals surface area contributed by atoms with Crippen molar-refractivity contribution < 1.29 is 0 Å². The van der Waals surface area contributed by atoms with Gasteiger partial charge in [-0.1, -0.05) is 109 Å². The van der Waals surface area contributed by atoms with Crippen LogP contribution in [0, 0.1) is 13.5 Å².